The van der Waals surface area contributed by atoms with Crippen LogP contribution in [0.15, 0.2) is 18.4 Å². The maximum Gasteiger partial charge on any atom is 0.254 e. The zero-order valence-corrected chi connectivity index (χ0v) is 16.3. The van der Waals surface area contributed by atoms with Gasteiger partial charge in [-0.1, -0.05) is 27.7 Å². The molecule has 5 heteroatoms. The van der Waals surface area contributed by atoms with E-state index in [1.54, 1.807) is 27.2 Å². The van der Waals surface area contributed by atoms with Crippen LogP contribution in [0.1, 0.15) is 62.9 Å². The number of rotatable bonds is 4. The minimum absolute atomic E-state index is 0.103. The van der Waals surface area contributed by atoms with Gasteiger partial charge in [-0.25, -0.2) is 0 Å². The zero-order chi connectivity index (χ0) is 19.2. The van der Waals surface area contributed by atoms with Gasteiger partial charge in [0.2, 0.25) is 0 Å². The molecular weight excluding hydrogens is 332 g/mol. The highest BCUT2D eigenvalue weighted by Crippen LogP contribution is 2.57. The maximum atomic E-state index is 12.7. The predicted molar refractivity (Wildman–Crippen MR) is 98.8 cm³/mol. The Kier molecular flexibility index (Phi) is 4.67. The Bertz CT molecular complexity index is 749. The molecule has 0 unspecified atom stereocenters. The summed E-state index contributed by atoms with van der Waals surface area (Å²) in [6.45, 7) is 9.85. The molecule has 0 saturated carbocycles. The third-order valence-corrected chi connectivity index (χ3v) is 5.53. The molecule has 3 atom stereocenters. The molecule has 1 aromatic carbocycles. The molecule has 142 valence electrons. The summed E-state index contributed by atoms with van der Waals surface area (Å²) in [6.07, 6.45) is 4.59. The summed E-state index contributed by atoms with van der Waals surface area (Å²) >= 11 is 0. The van der Waals surface area contributed by atoms with Crippen molar-refractivity contribution in [3.05, 3.63) is 29.5 Å². The molecule has 5 nitrogen and oxygen atoms in total. The van der Waals surface area contributed by atoms with Crippen LogP contribution in [0, 0.1) is 17.8 Å². The summed E-state index contributed by atoms with van der Waals surface area (Å²) in [4.78, 5) is 12.7. The van der Waals surface area contributed by atoms with Gasteiger partial charge in [-0.15, -0.1) is 0 Å². The van der Waals surface area contributed by atoms with E-state index in [0.717, 1.165) is 12.0 Å². The van der Waals surface area contributed by atoms with Gasteiger partial charge in [0.25, 0.3) is 5.79 Å². The van der Waals surface area contributed by atoms with E-state index in [1.165, 1.54) is 6.07 Å². The molecule has 0 aliphatic carbocycles. The zero-order valence-electron chi connectivity index (χ0n) is 16.3. The second-order valence-electron chi connectivity index (χ2n) is 8.00. The molecule has 0 amide bonds. The number of allylic oxidation sites excluding steroid dienone is 1. The number of phenols is 1. The lowest BCUT2D eigenvalue weighted by atomic mass is 9.80. The lowest BCUT2D eigenvalue weighted by molar-refractivity contribution is -0.131. The quantitative estimate of drug-likeness (QED) is 0.793. The van der Waals surface area contributed by atoms with Crippen LogP contribution in [-0.2, 0) is 4.74 Å². The number of methoxy groups -OCH3 is 1. The molecule has 2 heterocycles. The van der Waals surface area contributed by atoms with E-state index < -0.39 is 5.79 Å². The summed E-state index contributed by atoms with van der Waals surface area (Å²) in [5.74, 6) is 0.118. The highest BCUT2D eigenvalue weighted by molar-refractivity contribution is 6.03. The number of aromatic hydroxyl groups is 1. The van der Waals surface area contributed by atoms with Gasteiger partial charge in [0, 0.05) is 24.5 Å². The van der Waals surface area contributed by atoms with Gasteiger partial charge in [-0.2, -0.15) is 0 Å². The number of carbonyl (C=O) groups is 1. The van der Waals surface area contributed by atoms with Crippen LogP contribution in [-0.4, -0.2) is 23.8 Å². The average Bonchev–Trinajstić information content (AvgIpc) is 2.73. The number of fused-ring (bicyclic) bond motifs is 3. The number of phenolic OH excluding ortho intramolecular Hbond substituents is 1. The van der Waals surface area contributed by atoms with E-state index in [4.69, 9.17) is 14.2 Å². The number of ether oxygens (including phenoxy) is 3. The summed E-state index contributed by atoms with van der Waals surface area (Å²) in [7, 11) is 1.56. The first-order chi connectivity index (χ1) is 12.2. The third kappa shape index (κ3) is 2.83. The van der Waals surface area contributed by atoms with Gasteiger partial charge in [0.1, 0.15) is 22.8 Å². The minimum atomic E-state index is -0.935. The van der Waals surface area contributed by atoms with Crippen LogP contribution < -0.4 is 9.47 Å². The normalized spacial score (nSPS) is 26.8. The Balaban J connectivity index is 2.19. The van der Waals surface area contributed by atoms with Crippen molar-refractivity contribution in [2.24, 2.45) is 17.8 Å². The van der Waals surface area contributed by atoms with Crippen LogP contribution in [0.5, 0.6) is 17.2 Å². The molecule has 0 saturated heterocycles. The Labute approximate surface area is 155 Å². The molecule has 0 aromatic heterocycles. The van der Waals surface area contributed by atoms with Gasteiger partial charge in [-0.05, 0) is 24.3 Å². The fourth-order valence-corrected chi connectivity index (χ4v) is 3.86. The second-order valence-corrected chi connectivity index (χ2v) is 8.00. The van der Waals surface area contributed by atoms with Crippen molar-refractivity contribution in [2.45, 2.75) is 52.7 Å². The van der Waals surface area contributed by atoms with Crippen molar-refractivity contribution in [3.63, 3.8) is 0 Å². The molecule has 0 spiro atoms. The van der Waals surface area contributed by atoms with Crippen molar-refractivity contribution >= 4 is 5.78 Å². The van der Waals surface area contributed by atoms with Crippen molar-refractivity contribution in [1.29, 1.82) is 0 Å². The molecule has 2 aliphatic heterocycles. The molecule has 1 aromatic rings. The van der Waals surface area contributed by atoms with E-state index in [0.29, 0.717) is 23.3 Å². The van der Waals surface area contributed by atoms with Crippen molar-refractivity contribution in [2.75, 3.05) is 7.11 Å². The number of benzene rings is 1. The smallest absolute Gasteiger partial charge is 0.254 e. The first-order valence-corrected chi connectivity index (χ1v) is 9.21. The van der Waals surface area contributed by atoms with Crippen molar-refractivity contribution in [3.8, 4) is 17.2 Å². The highest BCUT2D eigenvalue weighted by Gasteiger charge is 2.52. The van der Waals surface area contributed by atoms with Gasteiger partial charge in [0.15, 0.2) is 5.78 Å². The number of Topliss-reactive ketones (excluding diaryl/α,β-unsaturated/α-hetero) is 1. The standard InChI is InChI=1S/C21H28O5/c1-11(2)13-7-8-25-21(5)14(9-13)17-16(24-6)10-15(22)18(20(17)26-21)19(23)12(3)4/h7-8,10-14,22H,9H2,1-6H3/t13-,14+,21-/m1/s1. The molecule has 0 radical (unpaired) electrons. The van der Waals surface area contributed by atoms with E-state index in [9.17, 15) is 9.90 Å². The molecule has 2 aliphatic rings. The van der Waals surface area contributed by atoms with Gasteiger partial charge < -0.3 is 19.3 Å². The van der Waals surface area contributed by atoms with Crippen LogP contribution in [0.4, 0.5) is 0 Å². The average molecular weight is 360 g/mol. The second kappa shape index (κ2) is 6.53. The molecule has 3 rings (SSSR count). The van der Waals surface area contributed by atoms with Crippen molar-refractivity contribution < 1.29 is 24.1 Å². The fraction of sp³-hybridized carbons (Fsp3) is 0.571. The van der Waals surface area contributed by atoms with E-state index in [2.05, 4.69) is 19.9 Å². The molecule has 26 heavy (non-hydrogen) atoms. The Morgan fingerprint density at radius 3 is 2.62 bits per heavy atom. The first-order valence-electron chi connectivity index (χ1n) is 9.21. The van der Waals surface area contributed by atoms with E-state index >= 15 is 0 Å². The van der Waals surface area contributed by atoms with Crippen LogP contribution >= 0.6 is 0 Å². The van der Waals surface area contributed by atoms with Crippen LogP contribution in [0.2, 0.25) is 0 Å². The van der Waals surface area contributed by atoms with Gasteiger partial charge >= 0.3 is 0 Å². The lowest BCUT2D eigenvalue weighted by Crippen LogP contribution is -2.36. The molecule has 0 fully saturated rings. The highest BCUT2D eigenvalue weighted by atomic mass is 16.7. The SMILES string of the molecule is COc1cc(O)c(C(=O)C(C)C)c2c1[C@@H]1C[C@H](C(C)C)C=CO[C@]1(C)O2. The van der Waals surface area contributed by atoms with Gasteiger partial charge in [-0.3, -0.25) is 4.79 Å². The Hall–Kier alpha value is -2.17. The molecule has 0 bridgehead atoms. The molecular formula is C21H28O5. The monoisotopic (exact) mass is 360 g/mol. The van der Waals surface area contributed by atoms with Crippen LogP contribution in [0.25, 0.3) is 0 Å². The van der Waals surface area contributed by atoms with Gasteiger partial charge in [0.05, 0.1) is 19.3 Å². The number of hydrogen-bond acceptors (Lipinski definition) is 5. The topological polar surface area (TPSA) is 65.0 Å². The number of hydrogen-bond donors (Lipinski definition) is 1. The van der Waals surface area contributed by atoms with E-state index in [1.807, 2.05) is 6.92 Å². The molecule has 1 N–H and O–H groups in total. The van der Waals surface area contributed by atoms with E-state index in [-0.39, 0.29) is 28.9 Å². The largest absolute Gasteiger partial charge is 0.507 e. The fourth-order valence-electron chi connectivity index (χ4n) is 3.86. The van der Waals surface area contributed by atoms with Crippen LogP contribution in [0.3, 0.4) is 0 Å². The Morgan fingerprint density at radius 2 is 2.04 bits per heavy atom. The lowest BCUT2D eigenvalue weighted by Gasteiger charge is -2.29. The van der Waals surface area contributed by atoms with Crippen molar-refractivity contribution in [1.82, 2.24) is 0 Å². The predicted octanol–water partition coefficient (Wildman–Crippen LogP) is 4.64. The summed E-state index contributed by atoms with van der Waals surface area (Å²) in [6, 6.07) is 1.52. The minimum Gasteiger partial charge on any atom is -0.507 e. The summed E-state index contributed by atoms with van der Waals surface area (Å²) < 4.78 is 17.7. The maximum absolute atomic E-state index is 12.7. The number of carbonyl (C=O) groups excluding carboxylic acids is 1. The summed E-state index contributed by atoms with van der Waals surface area (Å²) in [5.41, 5.74) is 1.03. The number of ketones is 1. The third-order valence-electron chi connectivity index (χ3n) is 5.53. The summed E-state index contributed by atoms with van der Waals surface area (Å²) in [5, 5.41) is 10.5. The first kappa shape index (κ1) is 18.6. The Morgan fingerprint density at radius 1 is 1.35 bits per heavy atom.